The van der Waals surface area contributed by atoms with Crippen LogP contribution in [0.2, 0.25) is 0 Å². The van der Waals surface area contributed by atoms with Crippen molar-refractivity contribution in [1.82, 2.24) is 14.9 Å². The smallest absolute Gasteiger partial charge is 0.269 e. The van der Waals surface area contributed by atoms with Crippen molar-refractivity contribution in [2.45, 2.75) is 79.7 Å². The summed E-state index contributed by atoms with van der Waals surface area (Å²) in [7, 11) is -3.90. The molecule has 172 valence electrons. The van der Waals surface area contributed by atoms with Crippen LogP contribution < -0.4 is 10.6 Å². The normalized spacial score (nSPS) is 34.4. The molecule has 0 spiro atoms. The molecule has 6 atom stereocenters. The third-order valence-electron chi connectivity index (χ3n) is 6.96. The third-order valence-corrected chi connectivity index (χ3v) is 8.92. The molecule has 3 saturated heterocycles. The maximum atomic E-state index is 13.8. The van der Waals surface area contributed by atoms with Crippen molar-refractivity contribution in [1.29, 1.82) is 0 Å². The van der Waals surface area contributed by atoms with Crippen molar-refractivity contribution in [3.8, 4) is 0 Å². The molecule has 3 fully saturated rings. The molecule has 10 nitrogen and oxygen atoms in total. The molecule has 0 bridgehead atoms. The molecule has 31 heavy (non-hydrogen) atoms. The van der Waals surface area contributed by atoms with Crippen LogP contribution in [0.15, 0.2) is 29.2 Å². The van der Waals surface area contributed by atoms with Gasteiger partial charge in [0.1, 0.15) is 0 Å². The van der Waals surface area contributed by atoms with Crippen LogP contribution in [-0.2, 0) is 10.0 Å². The second kappa shape index (κ2) is 9.08. The van der Waals surface area contributed by atoms with E-state index in [9.17, 15) is 28.7 Å². The molecule has 3 aliphatic heterocycles. The highest BCUT2D eigenvalue weighted by atomic mass is 32.2. The Morgan fingerprint density at radius 1 is 0.903 bits per heavy atom. The van der Waals surface area contributed by atoms with E-state index in [1.807, 2.05) is 0 Å². The first-order chi connectivity index (χ1) is 14.8. The van der Waals surface area contributed by atoms with Crippen LogP contribution in [-0.4, -0.2) is 77.3 Å². The number of nitro benzene ring substituents is 1. The van der Waals surface area contributed by atoms with Gasteiger partial charge in [0.15, 0.2) is 0 Å². The number of nitrogens with one attached hydrogen (secondary N) is 2. The number of aliphatic hydroxyl groups excluding tert-OH is 2. The third kappa shape index (κ3) is 4.35. The Hall–Kier alpha value is -1.63. The summed E-state index contributed by atoms with van der Waals surface area (Å²) in [5, 5.41) is 36.7. The molecule has 0 amide bonds. The lowest BCUT2D eigenvalue weighted by atomic mass is 10.0. The summed E-state index contributed by atoms with van der Waals surface area (Å²) in [5.41, 5.74) is -0.153. The second-order valence-corrected chi connectivity index (χ2v) is 10.6. The van der Waals surface area contributed by atoms with Crippen molar-refractivity contribution < 1.29 is 23.6 Å². The fraction of sp³-hybridized carbons (Fsp3) is 0.700. The first-order valence-corrected chi connectivity index (χ1v) is 12.3. The Labute approximate surface area is 181 Å². The molecular weight excluding hydrogens is 424 g/mol. The van der Waals surface area contributed by atoms with E-state index in [2.05, 4.69) is 10.6 Å². The van der Waals surface area contributed by atoms with Gasteiger partial charge in [0, 0.05) is 48.4 Å². The zero-order valence-corrected chi connectivity index (χ0v) is 18.1. The number of nitrogens with zero attached hydrogens (tertiary/aromatic N) is 2. The fourth-order valence-corrected chi connectivity index (χ4v) is 7.35. The van der Waals surface area contributed by atoms with E-state index in [0.29, 0.717) is 12.8 Å². The Kier molecular flexibility index (Phi) is 6.61. The highest BCUT2D eigenvalue weighted by molar-refractivity contribution is 7.89. The molecule has 0 radical (unpaired) electrons. The Morgan fingerprint density at radius 3 is 1.77 bits per heavy atom. The Morgan fingerprint density at radius 2 is 1.39 bits per heavy atom. The summed E-state index contributed by atoms with van der Waals surface area (Å²) in [6, 6.07) is 4.38. The number of hydrogen-bond donors (Lipinski definition) is 4. The first-order valence-electron chi connectivity index (χ1n) is 10.9. The van der Waals surface area contributed by atoms with Crippen molar-refractivity contribution in [3.05, 3.63) is 34.4 Å². The van der Waals surface area contributed by atoms with Crippen molar-refractivity contribution in [2.75, 3.05) is 13.2 Å². The maximum absolute atomic E-state index is 13.8. The molecule has 1 aromatic carbocycles. The van der Waals surface area contributed by atoms with Crippen LogP contribution in [0.4, 0.5) is 5.69 Å². The minimum Gasteiger partial charge on any atom is -0.395 e. The Bertz CT molecular complexity index is 865. The summed E-state index contributed by atoms with van der Waals surface area (Å²) in [6.07, 6.45) is 4.56. The zero-order chi connectivity index (χ0) is 22.2. The van der Waals surface area contributed by atoms with Gasteiger partial charge in [-0.25, -0.2) is 8.42 Å². The standard InChI is InChI=1S/C20H30N4O6S/c25-11-13-1-7-17(21-13)19-9-10-20(18-8-2-14(12-26)22-18)23(19)31(29,30)16-5-3-15(4-6-16)24(27)28/h3-6,13-14,17-22,25-26H,1-2,7-12H2/t13-,14-,17-,18-,19-,20-/m0/s1. The zero-order valence-electron chi connectivity index (χ0n) is 17.3. The fourth-order valence-electron chi connectivity index (χ4n) is 5.41. The topological polar surface area (TPSA) is 145 Å². The number of aliphatic hydroxyl groups is 2. The number of non-ortho nitro benzene ring substituents is 1. The average molecular weight is 455 g/mol. The number of benzene rings is 1. The molecule has 0 saturated carbocycles. The van der Waals surface area contributed by atoms with Crippen LogP contribution in [0.3, 0.4) is 0 Å². The molecular formula is C20H30N4O6S. The minimum absolute atomic E-state index is 0.0180. The van der Waals surface area contributed by atoms with Crippen molar-refractivity contribution >= 4 is 15.7 Å². The number of nitro groups is 1. The van der Waals surface area contributed by atoms with Gasteiger partial charge in [-0.05, 0) is 50.7 Å². The van der Waals surface area contributed by atoms with Gasteiger partial charge in [-0.1, -0.05) is 0 Å². The molecule has 1 aromatic rings. The quantitative estimate of drug-likeness (QED) is 0.341. The van der Waals surface area contributed by atoms with Crippen molar-refractivity contribution in [2.24, 2.45) is 0 Å². The van der Waals surface area contributed by atoms with Crippen LogP contribution in [0.5, 0.6) is 0 Å². The second-order valence-electron chi connectivity index (χ2n) is 8.76. The molecule has 0 aliphatic carbocycles. The van der Waals surface area contributed by atoms with Crippen LogP contribution in [0.25, 0.3) is 0 Å². The van der Waals surface area contributed by atoms with E-state index in [4.69, 9.17) is 0 Å². The van der Waals surface area contributed by atoms with E-state index >= 15 is 0 Å². The van der Waals surface area contributed by atoms with Gasteiger partial charge in [-0.15, -0.1) is 0 Å². The van der Waals surface area contributed by atoms with Gasteiger partial charge in [0.25, 0.3) is 5.69 Å². The largest absolute Gasteiger partial charge is 0.395 e. The number of sulfonamides is 1. The van der Waals surface area contributed by atoms with E-state index in [-0.39, 0.29) is 60.0 Å². The summed E-state index contributed by atoms with van der Waals surface area (Å²) in [5.74, 6) is 0. The summed E-state index contributed by atoms with van der Waals surface area (Å²) >= 11 is 0. The molecule has 0 unspecified atom stereocenters. The van der Waals surface area contributed by atoms with E-state index < -0.39 is 14.9 Å². The van der Waals surface area contributed by atoms with Gasteiger partial charge in [0.05, 0.1) is 23.0 Å². The van der Waals surface area contributed by atoms with Crippen LogP contribution in [0.1, 0.15) is 38.5 Å². The molecule has 4 N–H and O–H groups in total. The highest BCUT2D eigenvalue weighted by Crippen LogP contribution is 2.39. The number of rotatable bonds is 7. The van der Waals surface area contributed by atoms with Gasteiger partial charge < -0.3 is 20.8 Å². The summed E-state index contributed by atoms with van der Waals surface area (Å²) < 4.78 is 29.1. The SMILES string of the molecule is O=[N+]([O-])c1ccc(S(=O)(=O)N2[C@H]([C@@H]3CC[C@@H](CO)N3)CC[C@H]2[C@@H]2CC[C@@H](CO)N2)cc1. The summed E-state index contributed by atoms with van der Waals surface area (Å²) in [4.78, 5) is 10.5. The minimum atomic E-state index is -3.90. The van der Waals surface area contributed by atoms with Gasteiger partial charge in [-0.3, -0.25) is 10.1 Å². The molecule has 11 heteroatoms. The number of hydrogen-bond acceptors (Lipinski definition) is 8. The monoisotopic (exact) mass is 454 g/mol. The lowest BCUT2D eigenvalue weighted by Crippen LogP contribution is -2.55. The molecule has 4 rings (SSSR count). The van der Waals surface area contributed by atoms with Crippen LogP contribution >= 0.6 is 0 Å². The molecule has 3 aliphatic rings. The van der Waals surface area contributed by atoms with Gasteiger partial charge >= 0.3 is 0 Å². The molecule has 0 aromatic heterocycles. The highest BCUT2D eigenvalue weighted by Gasteiger charge is 2.50. The first kappa shape index (κ1) is 22.6. The van der Waals surface area contributed by atoms with E-state index in [0.717, 1.165) is 25.7 Å². The van der Waals surface area contributed by atoms with Gasteiger partial charge in [-0.2, -0.15) is 4.31 Å². The van der Waals surface area contributed by atoms with E-state index in [1.165, 1.54) is 24.3 Å². The maximum Gasteiger partial charge on any atom is 0.269 e. The van der Waals surface area contributed by atoms with E-state index in [1.54, 1.807) is 4.31 Å². The van der Waals surface area contributed by atoms with Gasteiger partial charge in [0.2, 0.25) is 10.0 Å². The average Bonchev–Trinajstić information content (AvgIpc) is 3.51. The lowest BCUT2D eigenvalue weighted by molar-refractivity contribution is -0.384. The van der Waals surface area contributed by atoms with Crippen LogP contribution in [0, 0.1) is 10.1 Å². The predicted octanol–water partition coefficient (Wildman–Crippen LogP) is 0.342. The molecule has 3 heterocycles. The lowest BCUT2D eigenvalue weighted by Gasteiger charge is -2.35. The Balaban J connectivity index is 1.65. The summed E-state index contributed by atoms with van der Waals surface area (Å²) in [6.45, 7) is 0.0359. The van der Waals surface area contributed by atoms with Crippen molar-refractivity contribution in [3.63, 3.8) is 0 Å². The predicted molar refractivity (Wildman–Crippen MR) is 113 cm³/mol.